The molecule has 3 aromatic rings. The van der Waals surface area contributed by atoms with Crippen molar-refractivity contribution in [1.82, 2.24) is 9.38 Å². The van der Waals surface area contributed by atoms with Gasteiger partial charge in [-0.1, -0.05) is 6.07 Å². The van der Waals surface area contributed by atoms with Gasteiger partial charge in [-0.25, -0.2) is 9.78 Å². The number of hydrogen-bond acceptors (Lipinski definition) is 5. The number of aryl methyl sites for hydroxylation is 1. The van der Waals surface area contributed by atoms with Crippen molar-refractivity contribution in [2.24, 2.45) is 0 Å². The molecule has 0 N–H and O–H groups in total. The summed E-state index contributed by atoms with van der Waals surface area (Å²) < 4.78 is 12.3. The van der Waals surface area contributed by atoms with E-state index in [0.29, 0.717) is 11.1 Å². The number of nitrogens with zero attached hydrogens (tertiary/aromatic N) is 2. The van der Waals surface area contributed by atoms with E-state index in [1.807, 2.05) is 68.8 Å². The van der Waals surface area contributed by atoms with Crippen LogP contribution in [0.25, 0.3) is 16.9 Å². The summed E-state index contributed by atoms with van der Waals surface area (Å²) in [5.41, 5.74) is 3.58. The number of rotatable bonds is 4. The molecular formula is C22H24N2O4. The molecule has 2 aromatic heterocycles. The lowest BCUT2D eigenvalue weighted by atomic mass is 9.95. The van der Waals surface area contributed by atoms with Crippen LogP contribution in [0.3, 0.4) is 0 Å². The van der Waals surface area contributed by atoms with E-state index in [9.17, 15) is 9.59 Å². The van der Waals surface area contributed by atoms with Crippen molar-refractivity contribution in [2.75, 3.05) is 7.11 Å². The van der Waals surface area contributed by atoms with E-state index in [-0.39, 0.29) is 12.4 Å². The molecule has 146 valence electrons. The topological polar surface area (TPSA) is 69.9 Å². The summed E-state index contributed by atoms with van der Waals surface area (Å²) >= 11 is 0. The van der Waals surface area contributed by atoms with Crippen molar-refractivity contribution in [3.05, 3.63) is 59.4 Å². The number of aromatic nitrogens is 2. The van der Waals surface area contributed by atoms with Gasteiger partial charge in [-0.15, -0.1) is 0 Å². The molecule has 0 fully saturated rings. The number of imidazole rings is 1. The highest BCUT2D eigenvalue weighted by atomic mass is 16.6. The number of methoxy groups -OCH3 is 1. The summed E-state index contributed by atoms with van der Waals surface area (Å²) in [6.07, 6.45) is 3.85. The van der Waals surface area contributed by atoms with Crippen LogP contribution in [0.4, 0.5) is 0 Å². The van der Waals surface area contributed by atoms with E-state index in [1.165, 1.54) is 7.11 Å². The highest BCUT2D eigenvalue weighted by molar-refractivity contribution is 5.93. The second kappa shape index (κ2) is 7.46. The van der Waals surface area contributed by atoms with Gasteiger partial charge in [-0.2, -0.15) is 0 Å². The molecule has 0 saturated carbocycles. The summed E-state index contributed by atoms with van der Waals surface area (Å²) in [5.74, 6) is -0.804. The third-order valence-electron chi connectivity index (χ3n) is 4.25. The van der Waals surface area contributed by atoms with Crippen LogP contribution in [-0.4, -0.2) is 34.0 Å². The normalized spacial score (nSPS) is 11.5. The van der Waals surface area contributed by atoms with Crippen LogP contribution in [0.5, 0.6) is 0 Å². The standard InChI is InChI=1S/C22H24N2O4/c1-14-10-17(18-13-24-9-7-6-8-19(24)23-18)15(11-16(14)21(26)27-5)12-20(25)28-22(2,3)4/h6-11,13H,12H2,1-5H3. The number of pyridine rings is 1. The number of hydrogen-bond donors (Lipinski definition) is 0. The summed E-state index contributed by atoms with van der Waals surface area (Å²) in [6.45, 7) is 7.30. The fourth-order valence-corrected chi connectivity index (χ4v) is 3.06. The Hall–Kier alpha value is -3.15. The maximum atomic E-state index is 12.5. The van der Waals surface area contributed by atoms with Crippen molar-refractivity contribution < 1.29 is 19.1 Å². The van der Waals surface area contributed by atoms with Gasteiger partial charge in [0, 0.05) is 18.0 Å². The molecule has 0 unspecified atom stereocenters. The second-order valence-corrected chi connectivity index (χ2v) is 7.67. The molecule has 2 heterocycles. The van der Waals surface area contributed by atoms with E-state index >= 15 is 0 Å². The zero-order valence-corrected chi connectivity index (χ0v) is 16.8. The zero-order chi connectivity index (χ0) is 20.5. The maximum Gasteiger partial charge on any atom is 0.338 e. The molecule has 6 heteroatoms. The van der Waals surface area contributed by atoms with E-state index in [0.717, 1.165) is 22.5 Å². The Morgan fingerprint density at radius 1 is 1.18 bits per heavy atom. The Morgan fingerprint density at radius 3 is 2.57 bits per heavy atom. The molecule has 6 nitrogen and oxygen atoms in total. The predicted octanol–water partition coefficient (Wildman–Crippen LogP) is 3.98. The van der Waals surface area contributed by atoms with Crippen molar-refractivity contribution in [3.8, 4) is 11.3 Å². The monoisotopic (exact) mass is 380 g/mol. The van der Waals surface area contributed by atoms with Crippen molar-refractivity contribution in [3.63, 3.8) is 0 Å². The van der Waals surface area contributed by atoms with Gasteiger partial charge in [0.05, 0.1) is 24.8 Å². The van der Waals surface area contributed by atoms with Gasteiger partial charge in [0.15, 0.2) is 0 Å². The molecule has 0 amide bonds. The quantitative estimate of drug-likeness (QED) is 0.640. The third-order valence-corrected chi connectivity index (χ3v) is 4.25. The highest BCUT2D eigenvalue weighted by Gasteiger charge is 2.21. The average molecular weight is 380 g/mol. The fraction of sp³-hybridized carbons (Fsp3) is 0.318. The first-order valence-electron chi connectivity index (χ1n) is 9.06. The molecule has 1 aromatic carbocycles. The first kappa shape index (κ1) is 19.6. The Bertz CT molecular complexity index is 1010. The average Bonchev–Trinajstić information content (AvgIpc) is 3.04. The van der Waals surface area contributed by atoms with E-state index < -0.39 is 11.6 Å². The third kappa shape index (κ3) is 4.22. The van der Waals surface area contributed by atoms with Gasteiger partial charge in [0.25, 0.3) is 0 Å². The van der Waals surface area contributed by atoms with Crippen LogP contribution in [0.1, 0.15) is 42.3 Å². The molecule has 28 heavy (non-hydrogen) atoms. The van der Waals surface area contributed by atoms with Gasteiger partial charge in [-0.05, 0) is 63.1 Å². The lowest BCUT2D eigenvalue weighted by molar-refractivity contribution is -0.153. The Balaban J connectivity index is 2.10. The molecule has 0 aliphatic rings. The van der Waals surface area contributed by atoms with Crippen LogP contribution < -0.4 is 0 Å². The number of esters is 2. The Kier molecular flexibility index (Phi) is 5.23. The van der Waals surface area contributed by atoms with Crippen LogP contribution in [0.2, 0.25) is 0 Å². The van der Waals surface area contributed by atoms with Gasteiger partial charge in [-0.3, -0.25) is 4.79 Å². The van der Waals surface area contributed by atoms with Crippen LogP contribution >= 0.6 is 0 Å². The first-order valence-corrected chi connectivity index (χ1v) is 9.06. The molecular weight excluding hydrogens is 356 g/mol. The van der Waals surface area contributed by atoms with Gasteiger partial charge in [0.2, 0.25) is 0 Å². The van der Waals surface area contributed by atoms with Gasteiger partial charge in [0.1, 0.15) is 11.2 Å². The molecule has 3 rings (SSSR count). The fourth-order valence-electron chi connectivity index (χ4n) is 3.06. The molecule has 0 saturated heterocycles. The van der Waals surface area contributed by atoms with E-state index in [2.05, 4.69) is 4.98 Å². The number of ether oxygens (including phenoxy) is 2. The van der Waals surface area contributed by atoms with Crippen LogP contribution in [0, 0.1) is 6.92 Å². The SMILES string of the molecule is COC(=O)c1cc(CC(=O)OC(C)(C)C)c(-c2cn3ccccc3n2)cc1C. The van der Waals surface area contributed by atoms with Crippen LogP contribution in [-0.2, 0) is 20.7 Å². The lowest BCUT2D eigenvalue weighted by Crippen LogP contribution is -2.25. The molecule has 0 radical (unpaired) electrons. The van der Waals surface area contributed by atoms with E-state index in [1.54, 1.807) is 6.07 Å². The van der Waals surface area contributed by atoms with Crippen molar-refractivity contribution >= 4 is 17.6 Å². The maximum absolute atomic E-state index is 12.5. The summed E-state index contributed by atoms with van der Waals surface area (Å²) in [5, 5.41) is 0. The number of carbonyl (C=O) groups excluding carboxylic acids is 2. The molecule has 0 atom stereocenters. The minimum Gasteiger partial charge on any atom is -0.465 e. The summed E-state index contributed by atoms with van der Waals surface area (Å²) in [6, 6.07) is 9.32. The van der Waals surface area contributed by atoms with Crippen molar-refractivity contribution in [1.29, 1.82) is 0 Å². The minimum atomic E-state index is -0.587. The Labute approximate surface area is 164 Å². The molecule has 0 spiro atoms. The number of fused-ring (bicyclic) bond motifs is 1. The molecule has 0 bridgehead atoms. The number of benzene rings is 1. The summed E-state index contributed by atoms with van der Waals surface area (Å²) in [4.78, 5) is 29.2. The number of carbonyl (C=O) groups is 2. The summed E-state index contributed by atoms with van der Waals surface area (Å²) in [7, 11) is 1.34. The first-order chi connectivity index (χ1) is 13.2. The van der Waals surface area contributed by atoms with Crippen molar-refractivity contribution in [2.45, 2.75) is 39.7 Å². The minimum absolute atomic E-state index is 0.0325. The molecule has 0 aliphatic carbocycles. The van der Waals surface area contributed by atoms with E-state index in [4.69, 9.17) is 9.47 Å². The Morgan fingerprint density at radius 2 is 1.93 bits per heavy atom. The second-order valence-electron chi connectivity index (χ2n) is 7.67. The van der Waals surface area contributed by atoms with Gasteiger partial charge >= 0.3 is 11.9 Å². The van der Waals surface area contributed by atoms with Gasteiger partial charge < -0.3 is 13.9 Å². The smallest absolute Gasteiger partial charge is 0.338 e. The largest absolute Gasteiger partial charge is 0.465 e. The predicted molar refractivity (Wildman–Crippen MR) is 106 cm³/mol. The molecule has 0 aliphatic heterocycles. The zero-order valence-electron chi connectivity index (χ0n) is 16.8. The van der Waals surface area contributed by atoms with Crippen LogP contribution in [0.15, 0.2) is 42.7 Å². The highest BCUT2D eigenvalue weighted by Crippen LogP contribution is 2.28. The lowest BCUT2D eigenvalue weighted by Gasteiger charge is -2.20.